The van der Waals surface area contributed by atoms with Gasteiger partial charge in [0.2, 0.25) is 0 Å². The minimum Gasteiger partial charge on any atom is -0.494 e. The Kier molecular flexibility index (Phi) is 9.80. The van der Waals surface area contributed by atoms with Gasteiger partial charge in [-0.25, -0.2) is 0 Å². The first-order valence-corrected chi connectivity index (χ1v) is 8.82. The summed E-state index contributed by atoms with van der Waals surface area (Å²) in [5, 5.41) is 4.05. The number of ether oxygens (including phenoxy) is 1. The largest absolute Gasteiger partial charge is 0.494 e. The van der Waals surface area contributed by atoms with E-state index in [1.165, 1.54) is 25.8 Å². The van der Waals surface area contributed by atoms with Gasteiger partial charge in [-0.15, -0.1) is 12.4 Å². The number of piperidine rings is 1. The molecule has 1 aromatic carbocycles. The Morgan fingerprint density at radius 2 is 2.00 bits per heavy atom. The molecule has 0 spiro atoms. The van der Waals surface area contributed by atoms with Crippen molar-refractivity contribution in [3.8, 4) is 5.75 Å². The van der Waals surface area contributed by atoms with Crippen LogP contribution in [0.4, 0.5) is 0 Å². The molecule has 1 unspecified atom stereocenters. The average Bonchev–Trinajstić information content (AvgIpc) is 2.59. The van der Waals surface area contributed by atoms with Gasteiger partial charge in [0.15, 0.2) is 0 Å². The summed E-state index contributed by atoms with van der Waals surface area (Å²) in [4.78, 5) is 7.47. The normalized spacial score (nSPS) is 18.8. The maximum Gasteiger partial charge on any atom is 0.119 e. The zero-order chi connectivity index (χ0) is 16.5. The number of halogens is 1. The van der Waals surface area contributed by atoms with Crippen LogP contribution >= 0.6 is 12.4 Å². The first-order chi connectivity index (χ1) is 11.2. The summed E-state index contributed by atoms with van der Waals surface area (Å²) >= 11 is 0. The second-order valence-electron chi connectivity index (χ2n) is 6.18. The van der Waals surface area contributed by atoms with Crippen molar-refractivity contribution in [3.63, 3.8) is 0 Å². The van der Waals surface area contributed by atoms with Gasteiger partial charge in [0.25, 0.3) is 0 Å². The molecular weight excluding hydrogens is 324 g/mol. The summed E-state index contributed by atoms with van der Waals surface area (Å²) in [6, 6.07) is 8.85. The predicted molar refractivity (Wildman–Crippen MR) is 103 cm³/mol. The molecule has 2 rings (SSSR count). The first-order valence-electron chi connectivity index (χ1n) is 8.82. The maximum absolute atomic E-state index is 5.86. The molecule has 1 atom stereocenters. The molecule has 24 heavy (non-hydrogen) atoms. The molecule has 4 nitrogen and oxygen atoms in total. The number of hydrogen-bond acceptors (Lipinski definition) is 4. The summed E-state index contributed by atoms with van der Waals surface area (Å²) in [6.45, 7) is 7.57. The van der Waals surface area contributed by atoms with Crippen molar-refractivity contribution in [3.05, 3.63) is 29.8 Å². The molecule has 0 N–H and O–H groups in total. The minimum absolute atomic E-state index is 0. The van der Waals surface area contributed by atoms with Crippen LogP contribution in [0.25, 0.3) is 0 Å². The second kappa shape index (κ2) is 11.3. The summed E-state index contributed by atoms with van der Waals surface area (Å²) in [5.74, 6) is 0.924. The van der Waals surface area contributed by atoms with E-state index in [-0.39, 0.29) is 12.4 Å². The van der Waals surface area contributed by atoms with Crippen molar-refractivity contribution in [1.29, 1.82) is 0 Å². The van der Waals surface area contributed by atoms with Gasteiger partial charge in [-0.2, -0.15) is 0 Å². The Hall–Kier alpha value is -1.26. The van der Waals surface area contributed by atoms with E-state index in [4.69, 9.17) is 9.57 Å². The standard InChI is InChI=1S/C19H30N2O2.ClH/c1-4-19(20-22-3)17-9-11-18(12-10-17)23-15-7-14-21-13-6-5-8-16(21)2;/h9-12,16H,4-8,13-15H2,1-3H3;1H/b20-19-;. The van der Waals surface area contributed by atoms with E-state index >= 15 is 0 Å². The average molecular weight is 355 g/mol. The van der Waals surface area contributed by atoms with Gasteiger partial charge in [0, 0.05) is 12.6 Å². The highest BCUT2D eigenvalue weighted by Crippen LogP contribution is 2.17. The number of hydrogen-bond donors (Lipinski definition) is 0. The van der Waals surface area contributed by atoms with Gasteiger partial charge < -0.3 is 14.5 Å². The van der Waals surface area contributed by atoms with Crippen molar-refractivity contribution in [1.82, 2.24) is 4.90 Å². The Balaban J connectivity index is 0.00000288. The molecule has 0 saturated carbocycles. The lowest BCUT2D eigenvalue weighted by atomic mass is 10.0. The van der Waals surface area contributed by atoms with Crippen LogP contribution in [0, 0.1) is 0 Å². The molecular formula is C19H31ClN2O2. The zero-order valence-corrected chi connectivity index (χ0v) is 16.0. The van der Waals surface area contributed by atoms with Gasteiger partial charge in [0.05, 0.1) is 12.3 Å². The Bertz CT molecular complexity index is 491. The summed E-state index contributed by atoms with van der Waals surface area (Å²) in [5.41, 5.74) is 2.04. The molecule has 1 heterocycles. The third-order valence-corrected chi connectivity index (χ3v) is 4.52. The highest BCUT2D eigenvalue weighted by atomic mass is 35.5. The van der Waals surface area contributed by atoms with Crippen LogP contribution in [0.2, 0.25) is 0 Å². The fourth-order valence-corrected chi connectivity index (χ4v) is 3.12. The van der Waals surface area contributed by atoms with Gasteiger partial charge >= 0.3 is 0 Å². The first kappa shape index (κ1) is 20.8. The highest BCUT2D eigenvalue weighted by Gasteiger charge is 2.17. The molecule has 0 amide bonds. The third-order valence-electron chi connectivity index (χ3n) is 4.52. The number of likely N-dealkylation sites (tertiary alicyclic amines) is 1. The molecule has 0 aromatic heterocycles. The number of oxime groups is 1. The van der Waals surface area contributed by atoms with E-state index in [9.17, 15) is 0 Å². The number of nitrogens with zero attached hydrogens (tertiary/aromatic N) is 2. The van der Waals surface area contributed by atoms with Crippen LogP contribution in [0.1, 0.15) is 51.5 Å². The van der Waals surface area contributed by atoms with Crippen molar-refractivity contribution < 1.29 is 9.57 Å². The van der Waals surface area contributed by atoms with Crippen LogP contribution < -0.4 is 4.74 Å². The maximum atomic E-state index is 5.86. The molecule has 0 bridgehead atoms. The third kappa shape index (κ3) is 6.33. The van der Waals surface area contributed by atoms with E-state index in [1.54, 1.807) is 7.11 Å². The van der Waals surface area contributed by atoms with Crippen LogP contribution in [-0.2, 0) is 4.84 Å². The van der Waals surface area contributed by atoms with Gasteiger partial charge in [-0.3, -0.25) is 0 Å². The lowest BCUT2D eigenvalue weighted by Gasteiger charge is -2.33. The number of benzene rings is 1. The van der Waals surface area contributed by atoms with E-state index in [0.717, 1.165) is 49.1 Å². The Morgan fingerprint density at radius 3 is 2.62 bits per heavy atom. The fourth-order valence-electron chi connectivity index (χ4n) is 3.12. The van der Waals surface area contributed by atoms with Crippen LogP contribution in [0.15, 0.2) is 29.4 Å². The Labute approximate surface area is 152 Å². The van der Waals surface area contributed by atoms with Crippen LogP contribution in [0.3, 0.4) is 0 Å². The molecule has 5 heteroatoms. The second-order valence-corrected chi connectivity index (χ2v) is 6.18. The lowest BCUT2D eigenvalue weighted by molar-refractivity contribution is 0.148. The van der Waals surface area contributed by atoms with E-state index < -0.39 is 0 Å². The Morgan fingerprint density at radius 1 is 1.25 bits per heavy atom. The van der Waals surface area contributed by atoms with Gasteiger partial charge in [0.1, 0.15) is 12.9 Å². The van der Waals surface area contributed by atoms with Crippen molar-refractivity contribution >= 4 is 18.1 Å². The van der Waals surface area contributed by atoms with Gasteiger partial charge in [-0.05, 0) is 69.0 Å². The summed E-state index contributed by atoms with van der Waals surface area (Å²) < 4.78 is 5.86. The molecule has 1 aromatic rings. The van der Waals surface area contributed by atoms with E-state index in [0.29, 0.717) is 0 Å². The highest BCUT2D eigenvalue weighted by molar-refractivity contribution is 6.00. The van der Waals surface area contributed by atoms with Crippen LogP contribution in [0.5, 0.6) is 5.75 Å². The fraction of sp³-hybridized carbons (Fsp3) is 0.632. The molecule has 1 aliphatic rings. The van der Waals surface area contributed by atoms with E-state index in [1.807, 2.05) is 24.3 Å². The monoisotopic (exact) mass is 354 g/mol. The van der Waals surface area contributed by atoms with Crippen LogP contribution in [-0.4, -0.2) is 43.5 Å². The topological polar surface area (TPSA) is 34.1 Å². The van der Waals surface area contributed by atoms with Crippen molar-refractivity contribution in [2.24, 2.45) is 5.16 Å². The quantitative estimate of drug-likeness (QED) is 0.391. The summed E-state index contributed by atoms with van der Waals surface area (Å²) in [6.07, 6.45) is 5.99. The molecule has 136 valence electrons. The van der Waals surface area contributed by atoms with E-state index in [2.05, 4.69) is 23.9 Å². The molecule has 1 aliphatic heterocycles. The lowest BCUT2D eigenvalue weighted by Crippen LogP contribution is -2.38. The van der Waals surface area contributed by atoms with Gasteiger partial charge in [-0.1, -0.05) is 18.5 Å². The minimum atomic E-state index is 0. The molecule has 0 aliphatic carbocycles. The SMILES string of the molecule is CC/C(=N/OC)c1ccc(OCCCN2CCCCC2C)cc1.Cl. The molecule has 1 fully saturated rings. The summed E-state index contributed by atoms with van der Waals surface area (Å²) in [7, 11) is 1.58. The van der Waals surface area contributed by atoms with Crippen molar-refractivity contribution in [2.75, 3.05) is 26.8 Å². The predicted octanol–water partition coefficient (Wildman–Crippen LogP) is 4.51. The smallest absolute Gasteiger partial charge is 0.119 e. The van der Waals surface area contributed by atoms with Crippen molar-refractivity contribution in [2.45, 2.75) is 52.0 Å². The molecule has 0 radical (unpaired) electrons. The zero-order valence-electron chi connectivity index (χ0n) is 15.2. The number of rotatable bonds is 8. The molecule has 1 saturated heterocycles.